The van der Waals surface area contributed by atoms with Crippen LogP contribution >= 0.6 is 0 Å². The minimum atomic E-state index is -0.429. The number of rotatable bonds is 4. The zero-order valence-electron chi connectivity index (χ0n) is 10.2. The van der Waals surface area contributed by atoms with Crippen LogP contribution in [0.2, 0.25) is 0 Å². The lowest BCUT2D eigenvalue weighted by atomic mass is 10.2. The quantitative estimate of drug-likeness (QED) is 0.887. The van der Waals surface area contributed by atoms with Crippen LogP contribution < -0.4 is 10.1 Å². The number of hydrogen-bond donors (Lipinski definition) is 1. The molecule has 4 nitrogen and oxygen atoms in total. The Bertz CT molecular complexity index is 430. The maximum atomic E-state index is 13.4. The molecule has 1 N–H and O–H groups in total. The smallest absolute Gasteiger partial charge is 0.249 e. The van der Waals surface area contributed by atoms with Gasteiger partial charge in [-0.1, -0.05) is 6.07 Å². The Hall–Kier alpha value is -1.62. The van der Waals surface area contributed by atoms with E-state index < -0.39 is 5.82 Å². The highest BCUT2D eigenvalue weighted by Gasteiger charge is 2.23. The van der Waals surface area contributed by atoms with E-state index in [1.54, 1.807) is 12.1 Å². The van der Waals surface area contributed by atoms with Crippen molar-refractivity contribution in [3.63, 3.8) is 0 Å². The van der Waals surface area contributed by atoms with Crippen LogP contribution in [0.3, 0.4) is 0 Å². The van der Waals surface area contributed by atoms with E-state index in [9.17, 15) is 9.18 Å². The van der Waals surface area contributed by atoms with Gasteiger partial charge in [0.25, 0.3) is 0 Å². The van der Waals surface area contributed by atoms with Gasteiger partial charge in [-0.25, -0.2) is 4.39 Å². The van der Waals surface area contributed by atoms with E-state index in [4.69, 9.17) is 9.47 Å². The van der Waals surface area contributed by atoms with Gasteiger partial charge < -0.3 is 14.8 Å². The highest BCUT2D eigenvalue weighted by atomic mass is 19.1. The van der Waals surface area contributed by atoms with Gasteiger partial charge >= 0.3 is 0 Å². The molecule has 1 heterocycles. The molecular formula is C13H16FNO3. The fraction of sp³-hybridized carbons (Fsp3) is 0.462. The van der Waals surface area contributed by atoms with Crippen molar-refractivity contribution < 1.29 is 18.7 Å². The van der Waals surface area contributed by atoms with Crippen molar-refractivity contribution in [1.29, 1.82) is 0 Å². The second kappa shape index (κ2) is 5.82. The molecule has 1 aromatic rings. The first-order chi connectivity index (χ1) is 8.70. The molecule has 0 bridgehead atoms. The molecule has 98 valence electrons. The van der Waals surface area contributed by atoms with Gasteiger partial charge in [0.15, 0.2) is 11.6 Å². The summed E-state index contributed by atoms with van der Waals surface area (Å²) >= 11 is 0. The van der Waals surface area contributed by atoms with Crippen LogP contribution in [0.5, 0.6) is 5.75 Å². The maximum absolute atomic E-state index is 13.4. The number of halogens is 1. The molecule has 2 rings (SSSR count). The maximum Gasteiger partial charge on any atom is 0.249 e. The molecule has 1 aliphatic heterocycles. The summed E-state index contributed by atoms with van der Waals surface area (Å²) in [5, 5.41) is 2.73. The molecule has 1 aliphatic rings. The lowest BCUT2D eigenvalue weighted by Crippen LogP contribution is -2.33. The summed E-state index contributed by atoms with van der Waals surface area (Å²) in [4.78, 5) is 11.7. The third kappa shape index (κ3) is 2.98. The Morgan fingerprint density at radius 1 is 1.61 bits per heavy atom. The first kappa shape index (κ1) is 12.8. The predicted octanol–water partition coefficient (Wildman–Crippen LogP) is 1.63. The number of hydrogen-bond acceptors (Lipinski definition) is 3. The van der Waals surface area contributed by atoms with Crippen LogP contribution in [0.1, 0.15) is 18.4 Å². The van der Waals surface area contributed by atoms with Gasteiger partial charge in [-0.2, -0.15) is 0 Å². The number of carbonyl (C=O) groups excluding carboxylic acids is 1. The van der Waals surface area contributed by atoms with E-state index in [1.807, 2.05) is 0 Å². The number of amides is 1. The largest absolute Gasteiger partial charge is 0.494 e. The third-order valence-corrected chi connectivity index (χ3v) is 2.91. The third-order valence-electron chi connectivity index (χ3n) is 2.91. The minimum Gasteiger partial charge on any atom is -0.494 e. The zero-order valence-corrected chi connectivity index (χ0v) is 10.2. The molecule has 0 saturated carbocycles. The Balaban J connectivity index is 1.89. The standard InChI is InChI=1S/C13H16FNO3/c1-17-11-5-4-9(7-10(11)14)8-15-13(16)12-3-2-6-18-12/h4-5,7,12H,2-3,6,8H2,1H3,(H,15,16). The van der Waals surface area contributed by atoms with Crippen molar-refractivity contribution in [3.8, 4) is 5.75 Å². The predicted molar refractivity (Wildman–Crippen MR) is 63.8 cm³/mol. The van der Waals surface area contributed by atoms with Crippen LogP contribution in [0.25, 0.3) is 0 Å². The van der Waals surface area contributed by atoms with E-state index in [2.05, 4.69) is 5.32 Å². The summed E-state index contributed by atoms with van der Waals surface area (Å²) in [5.74, 6) is -0.366. The normalized spacial score (nSPS) is 18.7. The lowest BCUT2D eigenvalue weighted by Gasteiger charge is -2.11. The van der Waals surface area contributed by atoms with Gasteiger partial charge in [0.2, 0.25) is 5.91 Å². The first-order valence-corrected chi connectivity index (χ1v) is 5.92. The SMILES string of the molecule is COc1ccc(CNC(=O)C2CCCO2)cc1F. The number of benzene rings is 1. The summed E-state index contributed by atoms with van der Waals surface area (Å²) in [6.45, 7) is 0.925. The summed E-state index contributed by atoms with van der Waals surface area (Å²) in [5.41, 5.74) is 0.694. The minimum absolute atomic E-state index is 0.135. The number of ether oxygens (including phenoxy) is 2. The van der Waals surface area contributed by atoms with E-state index >= 15 is 0 Å². The Labute approximate surface area is 105 Å². The van der Waals surface area contributed by atoms with Gasteiger partial charge in [0.1, 0.15) is 6.10 Å². The van der Waals surface area contributed by atoms with Gasteiger partial charge in [-0.15, -0.1) is 0 Å². The molecule has 1 unspecified atom stereocenters. The van der Waals surface area contributed by atoms with E-state index in [-0.39, 0.29) is 17.8 Å². The van der Waals surface area contributed by atoms with Gasteiger partial charge in [-0.05, 0) is 30.5 Å². The molecule has 5 heteroatoms. The van der Waals surface area contributed by atoms with Crippen LogP contribution in [0, 0.1) is 5.82 Å². The highest BCUT2D eigenvalue weighted by Crippen LogP contribution is 2.18. The fourth-order valence-corrected chi connectivity index (χ4v) is 1.91. The van der Waals surface area contributed by atoms with Crippen LogP contribution in [0.15, 0.2) is 18.2 Å². The lowest BCUT2D eigenvalue weighted by molar-refractivity contribution is -0.130. The van der Waals surface area contributed by atoms with Gasteiger partial charge in [0.05, 0.1) is 7.11 Å². The molecule has 0 aromatic heterocycles. The summed E-state index contributed by atoms with van der Waals surface area (Å²) in [7, 11) is 1.41. The zero-order chi connectivity index (χ0) is 13.0. The van der Waals surface area contributed by atoms with Crippen molar-refractivity contribution in [2.45, 2.75) is 25.5 Å². The monoisotopic (exact) mass is 253 g/mol. The molecule has 1 amide bonds. The molecule has 18 heavy (non-hydrogen) atoms. The number of nitrogens with one attached hydrogen (secondary N) is 1. The van der Waals surface area contributed by atoms with Crippen molar-refractivity contribution in [2.75, 3.05) is 13.7 Å². The van der Waals surface area contributed by atoms with Crippen LogP contribution in [0.4, 0.5) is 4.39 Å². The van der Waals surface area contributed by atoms with Crippen molar-refractivity contribution >= 4 is 5.91 Å². The summed E-state index contributed by atoms with van der Waals surface area (Å²) in [6, 6.07) is 4.62. The Morgan fingerprint density at radius 2 is 2.44 bits per heavy atom. The average Bonchev–Trinajstić information content (AvgIpc) is 2.90. The van der Waals surface area contributed by atoms with Crippen molar-refractivity contribution in [1.82, 2.24) is 5.32 Å². The van der Waals surface area contributed by atoms with Crippen molar-refractivity contribution in [2.24, 2.45) is 0 Å². The summed E-state index contributed by atoms with van der Waals surface area (Å²) in [6.07, 6.45) is 1.31. The van der Waals surface area contributed by atoms with Gasteiger partial charge in [0, 0.05) is 13.2 Å². The van der Waals surface area contributed by atoms with E-state index in [0.717, 1.165) is 12.8 Å². The Kier molecular flexibility index (Phi) is 4.15. The topological polar surface area (TPSA) is 47.6 Å². The number of methoxy groups -OCH3 is 1. The first-order valence-electron chi connectivity index (χ1n) is 5.92. The molecule has 1 aromatic carbocycles. The highest BCUT2D eigenvalue weighted by molar-refractivity contribution is 5.80. The molecule has 1 saturated heterocycles. The second-order valence-corrected chi connectivity index (χ2v) is 4.19. The molecule has 1 atom stereocenters. The molecule has 0 aliphatic carbocycles. The summed E-state index contributed by atoms with van der Waals surface area (Å²) < 4.78 is 23.5. The van der Waals surface area contributed by atoms with Crippen LogP contribution in [-0.2, 0) is 16.1 Å². The second-order valence-electron chi connectivity index (χ2n) is 4.19. The molecule has 0 radical (unpaired) electrons. The molecule has 0 spiro atoms. The average molecular weight is 253 g/mol. The van der Waals surface area contributed by atoms with Gasteiger partial charge in [-0.3, -0.25) is 4.79 Å². The fourth-order valence-electron chi connectivity index (χ4n) is 1.91. The molecular weight excluding hydrogens is 237 g/mol. The van der Waals surface area contributed by atoms with Crippen molar-refractivity contribution in [3.05, 3.63) is 29.6 Å². The van der Waals surface area contributed by atoms with E-state index in [1.165, 1.54) is 13.2 Å². The molecule has 1 fully saturated rings. The number of carbonyl (C=O) groups is 1. The Morgan fingerprint density at radius 3 is 3.06 bits per heavy atom. The van der Waals surface area contributed by atoms with E-state index in [0.29, 0.717) is 18.7 Å². The van der Waals surface area contributed by atoms with Crippen LogP contribution in [-0.4, -0.2) is 25.7 Å².